The zero-order valence-corrected chi connectivity index (χ0v) is 15.8. The van der Waals surface area contributed by atoms with Crippen LogP contribution in [0.15, 0.2) is 36.7 Å². The fourth-order valence-corrected chi connectivity index (χ4v) is 3.34. The lowest BCUT2D eigenvalue weighted by atomic mass is 10.1. The van der Waals surface area contributed by atoms with Gasteiger partial charge in [-0.05, 0) is 30.2 Å². The Labute approximate surface area is 155 Å². The number of piperazine rings is 1. The summed E-state index contributed by atoms with van der Waals surface area (Å²) in [7, 11) is 0. The van der Waals surface area contributed by atoms with Crippen LogP contribution >= 0.6 is 0 Å². The second kappa shape index (κ2) is 8.96. The van der Waals surface area contributed by atoms with Crippen molar-refractivity contribution in [2.24, 2.45) is 0 Å². The van der Waals surface area contributed by atoms with E-state index in [1.165, 1.54) is 11.1 Å². The number of carbonyl (C=O) groups is 1. The van der Waals surface area contributed by atoms with Gasteiger partial charge in [0.25, 0.3) is 0 Å². The Bertz CT molecular complexity index is 718. The highest BCUT2D eigenvalue weighted by Gasteiger charge is 2.16. The van der Waals surface area contributed by atoms with Crippen LogP contribution < -0.4 is 5.32 Å². The molecule has 2 heterocycles. The summed E-state index contributed by atoms with van der Waals surface area (Å²) < 4.78 is 1.67. The summed E-state index contributed by atoms with van der Waals surface area (Å²) >= 11 is 0. The molecule has 1 aromatic carbocycles. The Hall–Kier alpha value is -2.18. The molecule has 0 radical (unpaired) electrons. The van der Waals surface area contributed by atoms with Crippen LogP contribution in [0.3, 0.4) is 0 Å². The molecule has 0 atom stereocenters. The Morgan fingerprint density at radius 1 is 1.12 bits per heavy atom. The summed E-state index contributed by atoms with van der Waals surface area (Å²) in [4.78, 5) is 17.2. The molecule has 1 amide bonds. The first-order chi connectivity index (χ1) is 12.6. The monoisotopic (exact) mass is 355 g/mol. The van der Waals surface area contributed by atoms with Crippen LogP contribution in [0.5, 0.6) is 0 Å². The van der Waals surface area contributed by atoms with Crippen molar-refractivity contribution in [2.75, 3.05) is 32.7 Å². The molecule has 0 spiro atoms. The van der Waals surface area contributed by atoms with E-state index in [1.54, 1.807) is 10.9 Å². The van der Waals surface area contributed by atoms with Gasteiger partial charge in [-0.25, -0.2) is 0 Å². The fraction of sp³-hybridized carbons (Fsp3) is 0.500. The maximum absolute atomic E-state index is 12.2. The van der Waals surface area contributed by atoms with Crippen molar-refractivity contribution in [2.45, 2.75) is 33.5 Å². The second-order valence-electron chi connectivity index (χ2n) is 6.97. The van der Waals surface area contributed by atoms with Gasteiger partial charge in [0.15, 0.2) is 0 Å². The van der Waals surface area contributed by atoms with Crippen LogP contribution in [0.25, 0.3) is 0 Å². The minimum absolute atomic E-state index is 0.0144. The molecule has 1 aliphatic rings. The van der Waals surface area contributed by atoms with Crippen molar-refractivity contribution < 1.29 is 4.79 Å². The summed E-state index contributed by atoms with van der Waals surface area (Å²) in [5, 5.41) is 7.19. The lowest BCUT2D eigenvalue weighted by Crippen LogP contribution is -2.45. The summed E-state index contributed by atoms with van der Waals surface area (Å²) in [6, 6.07) is 8.40. The third-order valence-electron chi connectivity index (χ3n) is 4.97. The Kier molecular flexibility index (Phi) is 6.41. The number of rotatable bonds is 7. The van der Waals surface area contributed by atoms with E-state index in [0.29, 0.717) is 6.54 Å². The molecule has 0 unspecified atom stereocenters. The molecular weight excluding hydrogens is 326 g/mol. The highest BCUT2D eigenvalue weighted by molar-refractivity contribution is 5.75. The number of hydrogen-bond donors (Lipinski definition) is 1. The molecule has 140 valence electrons. The third kappa shape index (κ3) is 5.16. The van der Waals surface area contributed by atoms with Crippen molar-refractivity contribution in [3.05, 3.63) is 53.3 Å². The summed E-state index contributed by atoms with van der Waals surface area (Å²) in [6.45, 7) is 11.6. The molecular formula is C20H29N5O. The van der Waals surface area contributed by atoms with Crippen molar-refractivity contribution >= 4 is 5.91 Å². The Balaban J connectivity index is 1.53. The van der Waals surface area contributed by atoms with Gasteiger partial charge in [0, 0.05) is 45.5 Å². The van der Waals surface area contributed by atoms with Crippen LogP contribution in [0.4, 0.5) is 0 Å². The van der Waals surface area contributed by atoms with Crippen LogP contribution in [0, 0.1) is 6.92 Å². The number of benzene rings is 1. The Morgan fingerprint density at radius 2 is 1.81 bits per heavy atom. The van der Waals surface area contributed by atoms with Gasteiger partial charge in [-0.15, -0.1) is 0 Å². The van der Waals surface area contributed by atoms with Crippen molar-refractivity contribution in [3.8, 4) is 0 Å². The van der Waals surface area contributed by atoms with E-state index in [9.17, 15) is 4.79 Å². The van der Waals surface area contributed by atoms with Gasteiger partial charge in [0.1, 0.15) is 6.54 Å². The van der Waals surface area contributed by atoms with Gasteiger partial charge >= 0.3 is 0 Å². The molecule has 1 N–H and O–H groups in total. The fourth-order valence-electron chi connectivity index (χ4n) is 3.34. The van der Waals surface area contributed by atoms with Crippen LogP contribution in [0.2, 0.25) is 0 Å². The Morgan fingerprint density at radius 3 is 2.46 bits per heavy atom. The largest absolute Gasteiger partial charge is 0.350 e. The molecule has 1 aliphatic heterocycles. The predicted octanol–water partition coefficient (Wildman–Crippen LogP) is 1.65. The van der Waals surface area contributed by atoms with E-state index in [-0.39, 0.29) is 12.5 Å². The SMILES string of the molecule is CCN1CCN(Cc2ccccc2CNC(=O)Cn2cc(C)cn2)CC1. The number of carbonyl (C=O) groups excluding carboxylic acids is 1. The van der Waals surface area contributed by atoms with Crippen LogP contribution in [0.1, 0.15) is 23.6 Å². The number of hydrogen-bond acceptors (Lipinski definition) is 4. The first-order valence-corrected chi connectivity index (χ1v) is 9.41. The van der Waals surface area contributed by atoms with E-state index in [2.05, 4.69) is 45.3 Å². The van der Waals surface area contributed by atoms with Gasteiger partial charge in [0.05, 0.1) is 6.20 Å². The van der Waals surface area contributed by atoms with E-state index in [0.717, 1.165) is 44.8 Å². The van der Waals surface area contributed by atoms with E-state index >= 15 is 0 Å². The first kappa shape index (κ1) is 18.6. The average molecular weight is 355 g/mol. The molecule has 0 aliphatic carbocycles. The van der Waals surface area contributed by atoms with Crippen molar-refractivity contribution in [3.63, 3.8) is 0 Å². The van der Waals surface area contributed by atoms with E-state index in [4.69, 9.17) is 0 Å². The molecule has 0 bridgehead atoms. The number of amides is 1. The van der Waals surface area contributed by atoms with E-state index in [1.807, 2.05) is 19.2 Å². The van der Waals surface area contributed by atoms with Crippen LogP contribution in [-0.2, 0) is 24.4 Å². The van der Waals surface area contributed by atoms with Crippen molar-refractivity contribution in [1.29, 1.82) is 0 Å². The summed E-state index contributed by atoms with van der Waals surface area (Å²) in [5.74, 6) is -0.0144. The molecule has 1 saturated heterocycles. The zero-order valence-electron chi connectivity index (χ0n) is 15.8. The molecule has 2 aromatic rings. The molecule has 0 saturated carbocycles. The maximum atomic E-state index is 12.2. The number of nitrogens with one attached hydrogen (secondary N) is 1. The highest BCUT2D eigenvalue weighted by atomic mass is 16.2. The molecule has 6 heteroatoms. The summed E-state index contributed by atoms with van der Waals surface area (Å²) in [5.41, 5.74) is 3.55. The molecule has 1 aromatic heterocycles. The number of aryl methyl sites for hydroxylation is 1. The average Bonchev–Trinajstić information content (AvgIpc) is 3.06. The minimum Gasteiger partial charge on any atom is -0.350 e. The number of aromatic nitrogens is 2. The van der Waals surface area contributed by atoms with Gasteiger partial charge in [-0.3, -0.25) is 14.4 Å². The van der Waals surface area contributed by atoms with Crippen molar-refractivity contribution in [1.82, 2.24) is 24.9 Å². The molecule has 26 heavy (non-hydrogen) atoms. The quantitative estimate of drug-likeness (QED) is 0.820. The standard InChI is InChI=1S/C20H29N5O/c1-3-23-8-10-24(11-9-23)15-19-7-5-4-6-18(19)13-21-20(26)16-25-14-17(2)12-22-25/h4-7,12,14H,3,8-11,13,15-16H2,1-2H3,(H,21,26). The van der Waals surface area contributed by atoms with Gasteiger partial charge in [-0.1, -0.05) is 31.2 Å². The predicted molar refractivity (Wildman–Crippen MR) is 103 cm³/mol. The first-order valence-electron chi connectivity index (χ1n) is 9.41. The normalized spacial score (nSPS) is 15.9. The highest BCUT2D eigenvalue weighted by Crippen LogP contribution is 2.13. The minimum atomic E-state index is -0.0144. The second-order valence-corrected chi connectivity index (χ2v) is 6.97. The molecule has 3 rings (SSSR count). The van der Waals surface area contributed by atoms with E-state index < -0.39 is 0 Å². The van der Waals surface area contributed by atoms with Crippen LogP contribution in [-0.4, -0.2) is 58.2 Å². The lowest BCUT2D eigenvalue weighted by molar-refractivity contribution is -0.122. The zero-order chi connectivity index (χ0) is 18.4. The topological polar surface area (TPSA) is 53.4 Å². The number of likely N-dealkylation sites (N-methyl/N-ethyl adjacent to an activating group) is 1. The van der Waals surface area contributed by atoms with Gasteiger partial charge < -0.3 is 10.2 Å². The summed E-state index contributed by atoms with van der Waals surface area (Å²) in [6.07, 6.45) is 3.64. The maximum Gasteiger partial charge on any atom is 0.241 e. The smallest absolute Gasteiger partial charge is 0.241 e. The number of nitrogens with zero attached hydrogens (tertiary/aromatic N) is 4. The third-order valence-corrected chi connectivity index (χ3v) is 4.97. The van der Waals surface area contributed by atoms with Gasteiger partial charge in [-0.2, -0.15) is 5.10 Å². The van der Waals surface area contributed by atoms with Gasteiger partial charge in [0.2, 0.25) is 5.91 Å². The lowest BCUT2D eigenvalue weighted by Gasteiger charge is -2.34. The molecule has 6 nitrogen and oxygen atoms in total. The molecule has 1 fully saturated rings.